The van der Waals surface area contributed by atoms with Crippen molar-refractivity contribution in [2.45, 2.75) is 32.2 Å². The summed E-state index contributed by atoms with van der Waals surface area (Å²) in [5.41, 5.74) is 1.18. The predicted molar refractivity (Wildman–Crippen MR) is 116 cm³/mol. The number of rotatable bonds is 4. The summed E-state index contributed by atoms with van der Waals surface area (Å²) in [6.45, 7) is 4.38. The van der Waals surface area contributed by atoms with Crippen molar-refractivity contribution in [2.75, 3.05) is 24.2 Å². The molecule has 0 aromatic carbocycles. The topological polar surface area (TPSA) is 80.1 Å². The normalized spacial score (nSPS) is 20.5. The van der Waals surface area contributed by atoms with E-state index in [-0.39, 0.29) is 17.2 Å². The maximum absolute atomic E-state index is 12.2. The zero-order valence-corrected chi connectivity index (χ0v) is 17.9. The molecule has 0 aliphatic carbocycles. The molecule has 7 nitrogen and oxygen atoms in total. The first-order valence-electron chi connectivity index (χ1n) is 9.27. The van der Waals surface area contributed by atoms with Gasteiger partial charge in [0.25, 0.3) is 5.56 Å². The highest BCUT2D eigenvalue weighted by Gasteiger charge is 2.35. The molecule has 1 N–H and O–H groups in total. The molecule has 1 amide bonds. The fourth-order valence-corrected chi connectivity index (χ4v) is 5.55. The molecule has 28 heavy (non-hydrogen) atoms. The molecular formula is C18H21N5O2S3. The summed E-state index contributed by atoms with van der Waals surface area (Å²) in [6, 6.07) is 5.51. The van der Waals surface area contributed by atoms with Crippen molar-refractivity contribution in [1.82, 2.24) is 19.7 Å². The number of hydrogen-bond donors (Lipinski definition) is 1. The Morgan fingerprint density at radius 3 is 3.00 bits per heavy atom. The number of nitrogens with one attached hydrogen (secondary N) is 1. The molecule has 148 valence electrons. The summed E-state index contributed by atoms with van der Waals surface area (Å²) in [5, 5.41) is 12.2. The number of thioether (sulfide) groups is 1. The predicted octanol–water partition coefficient (Wildman–Crippen LogP) is 2.34. The highest BCUT2D eigenvalue weighted by atomic mass is 32.2. The van der Waals surface area contributed by atoms with Crippen LogP contribution in [-0.2, 0) is 17.8 Å². The van der Waals surface area contributed by atoms with Gasteiger partial charge in [0.05, 0.1) is 5.75 Å². The van der Waals surface area contributed by atoms with E-state index in [1.807, 2.05) is 23.6 Å². The van der Waals surface area contributed by atoms with Crippen LogP contribution in [0.5, 0.6) is 0 Å². The van der Waals surface area contributed by atoms with E-state index in [1.165, 1.54) is 23.1 Å². The van der Waals surface area contributed by atoms with Crippen LogP contribution < -0.4 is 10.9 Å². The van der Waals surface area contributed by atoms with Gasteiger partial charge in [0.15, 0.2) is 0 Å². The number of carbonyl (C=O) groups excluding carboxylic acids is 1. The number of anilines is 1. The molecule has 0 unspecified atom stereocenters. The number of aromatic nitrogens is 3. The second-order valence-corrected chi connectivity index (χ2v) is 9.73. The fourth-order valence-electron chi connectivity index (χ4n) is 3.87. The average molecular weight is 436 g/mol. The third-order valence-corrected chi connectivity index (χ3v) is 7.59. The molecular weight excluding hydrogens is 414 g/mol. The fraction of sp³-hybridized carbons (Fsp3) is 0.500. The van der Waals surface area contributed by atoms with E-state index < -0.39 is 0 Å². The number of hydrogen-bond acceptors (Lipinski definition) is 7. The molecule has 2 aliphatic rings. The van der Waals surface area contributed by atoms with E-state index >= 15 is 0 Å². The van der Waals surface area contributed by atoms with Crippen molar-refractivity contribution in [1.29, 1.82) is 0 Å². The molecule has 0 saturated carbocycles. The van der Waals surface area contributed by atoms with Gasteiger partial charge in [-0.3, -0.25) is 14.9 Å². The summed E-state index contributed by atoms with van der Waals surface area (Å²) in [7, 11) is 0. The van der Waals surface area contributed by atoms with Crippen molar-refractivity contribution in [3.8, 4) is 0 Å². The van der Waals surface area contributed by atoms with Gasteiger partial charge < -0.3 is 9.47 Å². The zero-order valence-electron chi connectivity index (χ0n) is 15.5. The lowest BCUT2D eigenvalue weighted by Gasteiger charge is -2.43. The van der Waals surface area contributed by atoms with Crippen molar-refractivity contribution in [2.24, 2.45) is 5.92 Å². The minimum Gasteiger partial charge on any atom is -0.356 e. The van der Waals surface area contributed by atoms with Crippen LogP contribution in [0.1, 0.15) is 30.0 Å². The summed E-state index contributed by atoms with van der Waals surface area (Å²) >= 11 is 8.37. The number of carbonyl (C=O) groups is 1. The smallest absolute Gasteiger partial charge is 0.250 e. The Kier molecular flexibility index (Phi) is 5.79. The molecule has 4 heterocycles. The first-order valence-corrected chi connectivity index (χ1v) is 11.5. The van der Waals surface area contributed by atoms with Gasteiger partial charge in [0.2, 0.25) is 11.0 Å². The van der Waals surface area contributed by atoms with Crippen molar-refractivity contribution in [3.63, 3.8) is 0 Å². The number of aryl methyl sites for hydroxylation is 1. The lowest BCUT2D eigenvalue weighted by Crippen LogP contribution is -2.48. The number of pyridine rings is 1. The van der Waals surface area contributed by atoms with E-state index in [0.29, 0.717) is 17.0 Å². The molecule has 10 heteroatoms. The highest BCUT2D eigenvalue weighted by Crippen LogP contribution is 2.36. The Hall–Kier alpha value is -1.78. The number of piperidine rings is 1. The van der Waals surface area contributed by atoms with Gasteiger partial charge in [-0.2, -0.15) is 0 Å². The lowest BCUT2D eigenvalue weighted by atomic mass is 9.83. The molecule has 0 radical (unpaired) electrons. The third-order valence-electron chi connectivity index (χ3n) is 5.08. The maximum atomic E-state index is 12.2. The van der Waals surface area contributed by atoms with E-state index in [2.05, 4.69) is 20.4 Å². The molecule has 1 saturated heterocycles. The highest BCUT2D eigenvalue weighted by molar-refractivity contribution is 8.23. The van der Waals surface area contributed by atoms with E-state index in [1.54, 1.807) is 6.07 Å². The average Bonchev–Trinajstić information content (AvgIpc) is 3.14. The summed E-state index contributed by atoms with van der Waals surface area (Å²) in [4.78, 5) is 26.5. The van der Waals surface area contributed by atoms with Gasteiger partial charge in [0, 0.05) is 37.3 Å². The van der Waals surface area contributed by atoms with Crippen LogP contribution in [0.2, 0.25) is 0 Å². The zero-order chi connectivity index (χ0) is 19.7. The van der Waals surface area contributed by atoms with E-state index in [9.17, 15) is 9.59 Å². The number of nitrogens with zero attached hydrogens (tertiary/aromatic N) is 4. The molecule has 2 aromatic heterocycles. The Bertz CT molecular complexity index is 957. The van der Waals surface area contributed by atoms with Gasteiger partial charge in [-0.05, 0) is 24.8 Å². The quantitative estimate of drug-likeness (QED) is 0.739. The SMILES string of the molecule is CCc1nnc(NC(=O)CSC(=S)N2C[C@H]3C[C@@H](C2)c2cccc(=O)n2C3)s1. The molecule has 2 atom stereocenters. The minimum atomic E-state index is -0.125. The van der Waals surface area contributed by atoms with E-state index in [4.69, 9.17) is 12.2 Å². The number of likely N-dealkylation sites (tertiary alicyclic amines) is 1. The van der Waals surface area contributed by atoms with Crippen molar-refractivity contribution >= 4 is 50.7 Å². The molecule has 0 spiro atoms. The number of thiocarbonyl (C=S) groups is 1. The number of fused-ring (bicyclic) bond motifs is 4. The lowest BCUT2D eigenvalue weighted by molar-refractivity contribution is -0.113. The molecule has 2 aliphatic heterocycles. The van der Waals surface area contributed by atoms with Crippen molar-refractivity contribution < 1.29 is 4.79 Å². The Morgan fingerprint density at radius 2 is 2.21 bits per heavy atom. The second-order valence-electron chi connectivity index (χ2n) is 7.06. The summed E-state index contributed by atoms with van der Waals surface area (Å²) in [6.07, 6.45) is 1.89. The van der Waals surface area contributed by atoms with Crippen LogP contribution in [-0.4, -0.2) is 48.7 Å². The van der Waals surface area contributed by atoms with Crippen LogP contribution in [0.25, 0.3) is 0 Å². The monoisotopic (exact) mass is 435 g/mol. The van der Waals surface area contributed by atoms with Gasteiger partial charge in [-0.25, -0.2) is 0 Å². The van der Waals surface area contributed by atoms with Gasteiger partial charge in [-0.1, -0.05) is 48.3 Å². The third kappa shape index (κ3) is 4.13. The van der Waals surface area contributed by atoms with Crippen LogP contribution in [0.3, 0.4) is 0 Å². The standard InChI is InChI=1S/C18H21N5O2S3/c1-2-15-20-21-17(28-15)19-14(24)10-27-18(26)22-7-11-6-12(9-22)13-4-3-5-16(25)23(13)8-11/h3-5,11-12H,2,6-10H2,1H3,(H,19,21,24)/t11-,12+/m1/s1. The van der Waals surface area contributed by atoms with Crippen molar-refractivity contribution in [3.05, 3.63) is 39.3 Å². The van der Waals surface area contributed by atoms with Crippen LogP contribution in [0, 0.1) is 5.92 Å². The van der Waals surface area contributed by atoms with E-state index in [0.717, 1.165) is 47.5 Å². The van der Waals surface area contributed by atoms with Gasteiger partial charge in [-0.15, -0.1) is 10.2 Å². The Labute approximate surface area is 176 Å². The molecule has 2 aromatic rings. The molecule has 4 rings (SSSR count). The second kappa shape index (κ2) is 8.30. The summed E-state index contributed by atoms with van der Waals surface area (Å²) in [5.74, 6) is 0.845. The van der Waals surface area contributed by atoms with Gasteiger partial charge in [0.1, 0.15) is 9.33 Å². The van der Waals surface area contributed by atoms with Crippen LogP contribution in [0.15, 0.2) is 23.0 Å². The minimum absolute atomic E-state index is 0.0807. The molecule has 2 bridgehead atoms. The number of amides is 1. The first-order chi connectivity index (χ1) is 13.5. The summed E-state index contributed by atoms with van der Waals surface area (Å²) < 4.78 is 2.65. The largest absolute Gasteiger partial charge is 0.356 e. The van der Waals surface area contributed by atoms with Crippen LogP contribution in [0.4, 0.5) is 5.13 Å². The Balaban J connectivity index is 1.33. The molecule has 1 fully saturated rings. The Morgan fingerprint density at radius 1 is 1.36 bits per heavy atom. The van der Waals surface area contributed by atoms with Gasteiger partial charge >= 0.3 is 0 Å². The first kappa shape index (κ1) is 19.5. The van der Waals surface area contributed by atoms with Crippen LogP contribution >= 0.6 is 35.3 Å². The maximum Gasteiger partial charge on any atom is 0.250 e.